The number of methoxy groups -OCH3 is 1. The first-order valence-electron chi connectivity index (χ1n) is 5.99. The van der Waals surface area contributed by atoms with E-state index in [1.54, 1.807) is 18.3 Å². The summed E-state index contributed by atoms with van der Waals surface area (Å²) in [6.45, 7) is 0.334. The average Bonchev–Trinajstić information content (AvgIpc) is 2.52. The van der Waals surface area contributed by atoms with Crippen LogP contribution in [0, 0.1) is 10.1 Å². The molecule has 0 aliphatic carbocycles. The first-order chi connectivity index (χ1) is 10.1. The summed E-state index contributed by atoms with van der Waals surface area (Å²) in [5.41, 5.74) is 3.07. The SMILES string of the molecule is COc1cc(CNc2nc(NN)ccc2[N+](=O)[O-])ccn1. The van der Waals surface area contributed by atoms with Crippen LogP contribution in [0.3, 0.4) is 0 Å². The van der Waals surface area contributed by atoms with Crippen LogP contribution in [-0.4, -0.2) is 22.0 Å². The lowest BCUT2D eigenvalue weighted by Crippen LogP contribution is -2.11. The van der Waals surface area contributed by atoms with Crippen molar-refractivity contribution < 1.29 is 9.66 Å². The van der Waals surface area contributed by atoms with Crippen molar-refractivity contribution >= 4 is 17.3 Å². The Morgan fingerprint density at radius 1 is 1.43 bits per heavy atom. The van der Waals surface area contributed by atoms with Gasteiger partial charge in [0.1, 0.15) is 5.82 Å². The van der Waals surface area contributed by atoms with E-state index in [9.17, 15) is 10.1 Å². The number of pyridine rings is 2. The number of anilines is 2. The summed E-state index contributed by atoms with van der Waals surface area (Å²) in [6.07, 6.45) is 1.59. The summed E-state index contributed by atoms with van der Waals surface area (Å²) >= 11 is 0. The molecular formula is C12H14N6O3. The normalized spacial score (nSPS) is 10.0. The third-order valence-corrected chi connectivity index (χ3v) is 2.69. The molecule has 9 heteroatoms. The number of aromatic nitrogens is 2. The Morgan fingerprint density at radius 3 is 2.90 bits per heavy atom. The van der Waals surface area contributed by atoms with Crippen LogP contribution < -0.4 is 21.3 Å². The van der Waals surface area contributed by atoms with E-state index in [0.29, 0.717) is 18.2 Å². The van der Waals surface area contributed by atoms with Crippen LogP contribution >= 0.6 is 0 Å². The summed E-state index contributed by atoms with van der Waals surface area (Å²) in [6, 6.07) is 6.26. The van der Waals surface area contributed by atoms with E-state index in [1.165, 1.54) is 19.2 Å². The third kappa shape index (κ3) is 3.54. The van der Waals surface area contributed by atoms with E-state index in [4.69, 9.17) is 10.6 Å². The number of hydrogen-bond donors (Lipinski definition) is 3. The van der Waals surface area contributed by atoms with Gasteiger partial charge in [0.15, 0.2) is 0 Å². The minimum absolute atomic E-state index is 0.130. The number of hydrogen-bond acceptors (Lipinski definition) is 8. The molecule has 2 rings (SSSR count). The molecule has 110 valence electrons. The van der Waals surface area contributed by atoms with Crippen LogP contribution in [0.4, 0.5) is 17.3 Å². The van der Waals surface area contributed by atoms with Crippen molar-refractivity contribution in [2.24, 2.45) is 5.84 Å². The second kappa shape index (κ2) is 6.48. The predicted octanol–water partition coefficient (Wildman–Crippen LogP) is 1.29. The van der Waals surface area contributed by atoms with Gasteiger partial charge in [-0.15, -0.1) is 0 Å². The molecule has 0 unspecified atom stereocenters. The number of nitrogen functional groups attached to an aromatic ring is 1. The van der Waals surface area contributed by atoms with Crippen molar-refractivity contribution in [3.63, 3.8) is 0 Å². The van der Waals surface area contributed by atoms with Crippen LogP contribution in [0.25, 0.3) is 0 Å². The van der Waals surface area contributed by atoms with Crippen LogP contribution in [-0.2, 0) is 6.54 Å². The molecule has 0 radical (unpaired) electrons. The Labute approximate surface area is 120 Å². The number of ether oxygens (including phenoxy) is 1. The van der Waals surface area contributed by atoms with E-state index in [-0.39, 0.29) is 11.5 Å². The minimum Gasteiger partial charge on any atom is -0.481 e. The molecule has 0 aliphatic heterocycles. The molecule has 0 aromatic carbocycles. The Balaban J connectivity index is 2.19. The smallest absolute Gasteiger partial charge is 0.311 e. The van der Waals surface area contributed by atoms with Crippen molar-refractivity contribution in [2.75, 3.05) is 17.9 Å². The molecule has 0 spiro atoms. The Hall–Kier alpha value is -2.94. The van der Waals surface area contributed by atoms with Gasteiger partial charge in [0.2, 0.25) is 11.7 Å². The quantitative estimate of drug-likeness (QED) is 0.412. The second-order valence-electron chi connectivity index (χ2n) is 4.03. The van der Waals surface area contributed by atoms with Crippen LogP contribution in [0.1, 0.15) is 5.56 Å². The zero-order valence-corrected chi connectivity index (χ0v) is 11.2. The molecule has 0 aliphatic rings. The van der Waals surface area contributed by atoms with Gasteiger partial charge >= 0.3 is 5.69 Å². The van der Waals surface area contributed by atoms with Gasteiger partial charge in [-0.05, 0) is 17.7 Å². The number of hydrazine groups is 1. The minimum atomic E-state index is -0.511. The largest absolute Gasteiger partial charge is 0.481 e. The maximum absolute atomic E-state index is 11.0. The van der Waals surface area contributed by atoms with Gasteiger partial charge in [-0.1, -0.05) is 0 Å². The van der Waals surface area contributed by atoms with E-state index in [0.717, 1.165) is 5.56 Å². The van der Waals surface area contributed by atoms with E-state index in [1.807, 2.05) is 0 Å². The molecule has 0 bridgehead atoms. The molecule has 0 amide bonds. The van der Waals surface area contributed by atoms with Gasteiger partial charge in [-0.3, -0.25) is 10.1 Å². The van der Waals surface area contributed by atoms with Crippen molar-refractivity contribution in [2.45, 2.75) is 6.54 Å². The Bertz CT molecular complexity index is 649. The molecule has 9 nitrogen and oxygen atoms in total. The maximum atomic E-state index is 11.0. The zero-order chi connectivity index (χ0) is 15.2. The first-order valence-corrected chi connectivity index (χ1v) is 5.99. The number of nitrogens with zero attached hydrogens (tertiary/aromatic N) is 3. The van der Waals surface area contributed by atoms with Crippen molar-refractivity contribution in [1.29, 1.82) is 0 Å². The summed E-state index contributed by atoms with van der Waals surface area (Å²) in [5.74, 6) is 6.18. The summed E-state index contributed by atoms with van der Waals surface area (Å²) < 4.78 is 5.02. The van der Waals surface area contributed by atoms with Gasteiger partial charge in [0.05, 0.1) is 12.0 Å². The monoisotopic (exact) mass is 290 g/mol. The van der Waals surface area contributed by atoms with Gasteiger partial charge in [-0.25, -0.2) is 15.8 Å². The second-order valence-corrected chi connectivity index (χ2v) is 4.03. The standard InChI is InChI=1S/C12H14N6O3/c1-21-11-6-8(4-5-14-11)7-15-12-9(18(19)20)2-3-10(16-12)17-13/h2-6H,7,13H2,1H3,(H2,15,16,17). The molecule has 0 atom stereocenters. The van der Waals surface area contributed by atoms with Crippen LogP contribution in [0.2, 0.25) is 0 Å². The molecular weight excluding hydrogens is 276 g/mol. The van der Waals surface area contributed by atoms with E-state index < -0.39 is 4.92 Å². The van der Waals surface area contributed by atoms with Crippen LogP contribution in [0.5, 0.6) is 5.88 Å². The van der Waals surface area contributed by atoms with Gasteiger partial charge < -0.3 is 15.5 Å². The summed E-state index contributed by atoms with van der Waals surface area (Å²) in [5, 5.41) is 13.9. The number of nitrogens with two attached hydrogens (primary N) is 1. The maximum Gasteiger partial charge on any atom is 0.311 e. The highest BCUT2D eigenvalue weighted by atomic mass is 16.6. The average molecular weight is 290 g/mol. The van der Waals surface area contributed by atoms with Gasteiger partial charge in [0.25, 0.3) is 0 Å². The highest BCUT2D eigenvalue weighted by Crippen LogP contribution is 2.24. The fourth-order valence-electron chi connectivity index (χ4n) is 1.67. The molecule has 0 saturated heterocycles. The molecule has 2 aromatic heterocycles. The zero-order valence-electron chi connectivity index (χ0n) is 11.2. The number of rotatable bonds is 6. The molecule has 0 fully saturated rings. The highest BCUT2D eigenvalue weighted by Gasteiger charge is 2.15. The molecule has 4 N–H and O–H groups in total. The Kier molecular flexibility index (Phi) is 4.46. The Morgan fingerprint density at radius 2 is 2.24 bits per heavy atom. The van der Waals surface area contributed by atoms with E-state index in [2.05, 4.69) is 20.7 Å². The topological polar surface area (TPSA) is 128 Å². The lowest BCUT2D eigenvalue weighted by atomic mass is 10.2. The third-order valence-electron chi connectivity index (χ3n) is 2.69. The molecule has 21 heavy (non-hydrogen) atoms. The number of nitro groups is 1. The van der Waals surface area contributed by atoms with Crippen molar-refractivity contribution in [3.8, 4) is 5.88 Å². The number of nitrogens with one attached hydrogen (secondary N) is 2. The first kappa shape index (κ1) is 14.5. The molecule has 2 heterocycles. The lowest BCUT2D eigenvalue weighted by molar-refractivity contribution is -0.384. The van der Waals surface area contributed by atoms with E-state index >= 15 is 0 Å². The predicted molar refractivity (Wildman–Crippen MR) is 76.8 cm³/mol. The lowest BCUT2D eigenvalue weighted by Gasteiger charge is -2.08. The van der Waals surface area contributed by atoms with Gasteiger partial charge in [-0.2, -0.15) is 0 Å². The van der Waals surface area contributed by atoms with Crippen molar-refractivity contribution in [1.82, 2.24) is 9.97 Å². The van der Waals surface area contributed by atoms with Crippen LogP contribution in [0.15, 0.2) is 30.5 Å². The fourth-order valence-corrected chi connectivity index (χ4v) is 1.67. The fraction of sp³-hybridized carbons (Fsp3) is 0.167. The molecule has 0 saturated carbocycles. The summed E-state index contributed by atoms with van der Waals surface area (Å²) in [7, 11) is 1.52. The highest BCUT2D eigenvalue weighted by molar-refractivity contribution is 5.60. The molecule has 2 aromatic rings. The summed E-state index contributed by atoms with van der Waals surface area (Å²) in [4.78, 5) is 18.5. The van der Waals surface area contributed by atoms with Crippen molar-refractivity contribution in [3.05, 3.63) is 46.1 Å². The van der Waals surface area contributed by atoms with Gasteiger partial charge in [0, 0.05) is 24.9 Å².